The molecule has 0 bridgehead atoms. The van der Waals surface area contributed by atoms with Gasteiger partial charge in [0.25, 0.3) is 0 Å². The molecule has 2 heterocycles. The van der Waals surface area contributed by atoms with Crippen molar-refractivity contribution in [3.05, 3.63) is 28.2 Å². The lowest BCUT2D eigenvalue weighted by Crippen LogP contribution is -2.56. The van der Waals surface area contributed by atoms with Gasteiger partial charge in [0.15, 0.2) is 0 Å². The zero-order chi connectivity index (χ0) is 14.9. The van der Waals surface area contributed by atoms with Gasteiger partial charge in [-0.3, -0.25) is 0 Å². The van der Waals surface area contributed by atoms with E-state index in [1.165, 1.54) is 5.56 Å². The normalized spacial score (nSPS) is 31.8. The van der Waals surface area contributed by atoms with Crippen molar-refractivity contribution in [3.63, 3.8) is 0 Å². The molecule has 1 aromatic carbocycles. The zero-order valence-corrected chi connectivity index (χ0v) is 14.5. The van der Waals surface area contributed by atoms with Gasteiger partial charge < -0.3 is 15.4 Å². The molecule has 21 heavy (non-hydrogen) atoms. The number of nitrogens with one attached hydrogen (secondary N) is 2. The smallest absolute Gasteiger partial charge is 0.126 e. The van der Waals surface area contributed by atoms with Crippen LogP contribution in [-0.2, 0) is 0 Å². The number of piperidine rings is 1. The molecule has 1 fully saturated rings. The molecule has 2 aliphatic rings. The lowest BCUT2D eigenvalue weighted by molar-refractivity contribution is -0.0373. The van der Waals surface area contributed by atoms with E-state index >= 15 is 0 Å². The van der Waals surface area contributed by atoms with Crippen molar-refractivity contribution in [1.82, 2.24) is 10.6 Å². The summed E-state index contributed by atoms with van der Waals surface area (Å²) in [5.41, 5.74) is 1.28. The molecule has 0 amide bonds. The van der Waals surface area contributed by atoms with Crippen LogP contribution in [0.25, 0.3) is 0 Å². The summed E-state index contributed by atoms with van der Waals surface area (Å²) >= 11 is 3.58. The van der Waals surface area contributed by atoms with E-state index in [4.69, 9.17) is 4.74 Å². The number of halogens is 1. The molecule has 2 aliphatic heterocycles. The van der Waals surface area contributed by atoms with Crippen LogP contribution in [0.5, 0.6) is 5.75 Å². The fourth-order valence-electron chi connectivity index (χ4n) is 3.61. The van der Waals surface area contributed by atoms with Crippen LogP contribution in [0.2, 0.25) is 0 Å². The second-order valence-corrected chi connectivity index (χ2v) is 7.33. The minimum absolute atomic E-state index is 0.0234. The minimum Gasteiger partial charge on any atom is -0.486 e. The van der Waals surface area contributed by atoms with E-state index in [1.807, 2.05) is 0 Å². The Morgan fingerprint density at radius 3 is 3.10 bits per heavy atom. The summed E-state index contributed by atoms with van der Waals surface area (Å²) in [4.78, 5) is 0. The van der Waals surface area contributed by atoms with Gasteiger partial charge in [0.2, 0.25) is 0 Å². The molecule has 0 saturated carbocycles. The largest absolute Gasteiger partial charge is 0.486 e. The van der Waals surface area contributed by atoms with Crippen LogP contribution < -0.4 is 15.4 Å². The first-order valence-electron chi connectivity index (χ1n) is 8.07. The van der Waals surface area contributed by atoms with Crippen LogP contribution >= 0.6 is 15.9 Å². The van der Waals surface area contributed by atoms with E-state index in [2.05, 4.69) is 58.6 Å². The molecule has 3 atom stereocenters. The molecule has 0 radical (unpaired) electrons. The Bertz CT molecular complexity index is 508. The first-order chi connectivity index (χ1) is 10.1. The van der Waals surface area contributed by atoms with Gasteiger partial charge >= 0.3 is 0 Å². The predicted octanol–water partition coefficient (Wildman–Crippen LogP) is 3.64. The molecular formula is C17H25BrN2O. The van der Waals surface area contributed by atoms with Crippen LogP contribution in [0.4, 0.5) is 0 Å². The molecule has 3 nitrogen and oxygen atoms in total. The lowest BCUT2D eigenvalue weighted by atomic mass is 9.75. The number of ether oxygens (including phenoxy) is 1. The molecule has 3 rings (SSSR count). The highest BCUT2D eigenvalue weighted by Crippen LogP contribution is 2.46. The van der Waals surface area contributed by atoms with Crippen molar-refractivity contribution < 1.29 is 4.74 Å². The Hall–Kier alpha value is -0.580. The van der Waals surface area contributed by atoms with Gasteiger partial charge in [-0.15, -0.1) is 0 Å². The summed E-state index contributed by atoms with van der Waals surface area (Å²) in [6.45, 7) is 7.69. The number of hydrogen-bond donors (Lipinski definition) is 2. The van der Waals surface area contributed by atoms with E-state index in [9.17, 15) is 0 Å². The average Bonchev–Trinajstić information content (AvgIpc) is 2.47. The molecule has 4 heteroatoms. The van der Waals surface area contributed by atoms with Gasteiger partial charge in [0.05, 0.1) is 0 Å². The van der Waals surface area contributed by atoms with Crippen molar-refractivity contribution in [2.24, 2.45) is 5.92 Å². The summed E-state index contributed by atoms with van der Waals surface area (Å²) < 4.78 is 7.65. The first kappa shape index (κ1) is 15.3. The summed E-state index contributed by atoms with van der Waals surface area (Å²) in [7, 11) is 0. The number of rotatable bonds is 3. The molecular weight excluding hydrogens is 328 g/mol. The number of hydrogen-bond acceptors (Lipinski definition) is 3. The van der Waals surface area contributed by atoms with E-state index < -0.39 is 0 Å². The fourth-order valence-corrected chi connectivity index (χ4v) is 3.95. The lowest BCUT2D eigenvalue weighted by Gasteiger charge is -2.48. The second kappa shape index (κ2) is 6.27. The molecule has 1 saturated heterocycles. The van der Waals surface area contributed by atoms with E-state index in [-0.39, 0.29) is 5.60 Å². The molecule has 1 spiro atoms. The van der Waals surface area contributed by atoms with Gasteiger partial charge in [-0.1, -0.05) is 35.8 Å². The summed E-state index contributed by atoms with van der Waals surface area (Å²) in [6, 6.07) is 6.85. The number of benzene rings is 1. The van der Waals surface area contributed by atoms with Crippen molar-refractivity contribution in [2.45, 2.75) is 44.8 Å². The Morgan fingerprint density at radius 2 is 2.33 bits per heavy atom. The van der Waals surface area contributed by atoms with Gasteiger partial charge in [-0.2, -0.15) is 0 Å². The standard InChI is InChI=1S/C17H25BrN2O/c1-3-7-20-15-10-17(6-8-19-11-12(17)2)21-16-9-13(18)4-5-14(15)16/h4-5,9,12,15,19-20H,3,6-8,10-11H2,1-2H3. The molecule has 3 unspecified atom stereocenters. The maximum Gasteiger partial charge on any atom is 0.126 e. The Morgan fingerprint density at radius 1 is 1.48 bits per heavy atom. The van der Waals surface area contributed by atoms with Crippen molar-refractivity contribution in [1.29, 1.82) is 0 Å². The van der Waals surface area contributed by atoms with Crippen LogP contribution in [0.15, 0.2) is 22.7 Å². The van der Waals surface area contributed by atoms with Gasteiger partial charge in [-0.05, 0) is 38.1 Å². The summed E-state index contributed by atoms with van der Waals surface area (Å²) in [5, 5.41) is 7.21. The minimum atomic E-state index is -0.0234. The first-order valence-corrected chi connectivity index (χ1v) is 8.86. The summed E-state index contributed by atoms with van der Waals surface area (Å²) in [6.07, 6.45) is 3.32. The van der Waals surface area contributed by atoms with Crippen LogP contribution in [0.1, 0.15) is 44.7 Å². The van der Waals surface area contributed by atoms with Crippen molar-refractivity contribution in [3.8, 4) is 5.75 Å². The third-order valence-electron chi connectivity index (χ3n) is 4.93. The molecule has 2 N–H and O–H groups in total. The van der Waals surface area contributed by atoms with E-state index in [0.29, 0.717) is 12.0 Å². The third kappa shape index (κ3) is 2.99. The van der Waals surface area contributed by atoms with Crippen LogP contribution in [-0.4, -0.2) is 25.2 Å². The summed E-state index contributed by atoms with van der Waals surface area (Å²) in [5.74, 6) is 1.59. The second-order valence-electron chi connectivity index (χ2n) is 6.41. The maximum atomic E-state index is 6.55. The SMILES string of the molecule is CCCNC1CC2(CCNCC2C)Oc2cc(Br)ccc21. The fraction of sp³-hybridized carbons (Fsp3) is 0.647. The van der Waals surface area contributed by atoms with Gasteiger partial charge in [0.1, 0.15) is 11.4 Å². The predicted molar refractivity (Wildman–Crippen MR) is 89.8 cm³/mol. The zero-order valence-electron chi connectivity index (χ0n) is 12.9. The molecule has 0 aromatic heterocycles. The highest BCUT2D eigenvalue weighted by Gasteiger charge is 2.46. The Balaban J connectivity index is 1.94. The molecule has 0 aliphatic carbocycles. The maximum absolute atomic E-state index is 6.55. The van der Waals surface area contributed by atoms with E-state index in [0.717, 1.165) is 49.1 Å². The highest BCUT2D eigenvalue weighted by atomic mass is 79.9. The van der Waals surface area contributed by atoms with Crippen LogP contribution in [0.3, 0.4) is 0 Å². The average molecular weight is 353 g/mol. The highest BCUT2D eigenvalue weighted by molar-refractivity contribution is 9.10. The van der Waals surface area contributed by atoms with Gasteiger partial charge in [0, 0.05) is 35.0 Å². The monoisotopic (exact) mass is 352 g/mol. The third-order valence-corrected chi connectivity index (χ3v) is 5.42. The van der Waals surface area contributed by atoms with Crippen molar-refractivity contribution >= 4 is 15.9 Å². The van der Waals surface area contributed by atoms with Crippen LogP contribution in [0, 0.1) is 5.92 Å². The molecule has 1 aromatic rings. The quantitative estimate of drug-likeness (QED) is 0.871. The topological polar surface area (TPSA) is 33.3 Å². The van der Waals surface area contributed by atoms with E-state index in [1.54, 1.807) is 0 Å². The Kier molecular flexibility index (Phi) is 4.57. The van der Waals surface area contributed by atoms with Crippen molar-refractivity contribution in [2.75, 3.05) is 19.6 Å². The molecule has 116 valence electrons. The number of fused-ring (bicyclic) bond motifs is 1. The Labute approximate surface area is 136 Å². The van der Waals surface area contributed by atoms with Gasteiger partial charge in [-0.25, -0.2) is 0 Å².